The summed E-state index contributed by atoms with van der Waals surface area (Å²) < 4.78 is 18.7. The van der Waals surface area contributed by atoms with Crippen LogP contribution in [0.15, 0.2) is 87.1 Å². The predicted molar refractivity (Wildman–Crippen MR) is 133 cm³/mol. The first-order chi connectivity index (χ1) is 16.5. The molecular weight excluding hydrogens is 430 g/mol. The maximum absolute atomic E-state index is 13.5. The Labute approximate surface area is 195 Å². The van der Waals surface area contributed by atoms with Crippen molar-refractivity contribution in [2.45, 2.75) is 20.0 Å². The molecule has 0 aliphatic carbocycles. The molecule has 0 saturated carbocycles. The molecule has 0 radical (unpaired) electrons. The average molecular weight is 453 g/mol. The molecule has 3 aromatic carbocycles. The molecule has 2 aromatic heterocycles. The van der Waals surface area contributed by atoms with E-state index in [0.29, 0.717) is 45.1 Å². The molecule has 34 heavy (non-hydrogen) atoms. The highest BCUT2D eigenvalue weighted by atomic mass is 16.5. The van der Waals surface area contributed by atoms with E-state index >= 15 is 0 Å². The van der Waals surface area contributed by atoms with Crippen LogP contribution < -0.4 is 15.0 Å². The summed E-state index contributed by atoms with van der Waals surface area (Å²) in [4.78, 5) is 18.2. The van der Waals surface area contributed by atoms with Crippen LogP contribution in [0, 0.1) is 0 Å². The van der Waals surface area contributed by atoms with Crippen molar-refractivity contribution in [3.8, 4) is 23.1 Å². The van der Waals surface area contributed by atoms with E-state index in [1.807, 2.05) is 68.4 Å². The second-order valence-electron chi connectivity index (χ2n) is 8.01. The van der Waals surface area contributed by atoms with E-state index in [9.17, 15) is 4.79 Å². The molecule has 0 N–H and O–H groups in total. The van der Waals surface area contributed by atoms with Crippen LogP contribution in [0.25, 0.3) is 33.5 Å². The van der Waals surface area contributed by atoms with Gasteiger partial charge in [0.05, 0.1) is 30.3 Å². The Bertz CT molecular complexity index is 1550. The Balaban J connectivity index is 1.71. The molecule has 0 atom stereocenters. The van der Waals surface area contributed by atoms with Gasteiger partial charge in [0.15, 0.2) is 17.3 Å². The zero-order valence-electron chi connectivity index (χ0n) is 19.1. The van der Waals surface area contributed by atoms with Gasteiger partial charge >= 0.3 is 0 Å². The van der Waals surface area contributed by atoms with Gasteiger partial charge in [-0.25, -0.2) is 4.98 Å². The Morgan fingerprint density at radius 3 is 2.62 bits per heavy atom. The Kier molecular flexibility index (Phi) is 5.59. The molecule has 7 heteroatoms. The number of nitrogens with zero attached hydrogens (tertiary/aromatic N) is 3. The molecule has 0 saturated heterocycles. The molecular formula is C27H23N3O4. The Morgan fingerprint density at radius 1 is 1.03 bits per heavy atom. The van der Waals surface area contributed by atoms with Crippen LogP contribution in [0.1, 0.15) is 19.4 Å². The van der Waals surface area contributed by atoms with Gasteiger partial charge in [-0.3, -0.25) is 4.79 Å². The molecule has 2 heterocycles. The lowest BCUT2D eigenvalue weighted by molar-refractivity contribution is 0.230. The lowest BCUT2D eigenvalue weighted by Crippen LogP contribution is -2.20. The monoisotopic (exact) mass is 453 g/mol. The van der Waals surface area contributed by atoms with Crippen molar-refractivity contribution >= 4 is 28.1 Å². The van der Waals surface area contributed by atoms with Gasteiger partial charge in [-0.05, 0) is 50.2 Å². The number of hydrogen-bond donors (Lipinski definition) is 0. The van der Waals surface area contributed by atoms with Gasteiger partial charge in [0.2, 0.25) is 5.82 Å². The molecule has 0 fully saturated rings. The minimum absolute atomic E-state index is 0.0698. The summed E-state index contributed by atoms with van der Waals surface area (Å²) in [5, 5.41) is 5.91. The van der Waals surface area contributed by atoms with E-state index < -0.39 is 0 Å². The Morgan fingerprint density at radius 2 is 1.82 bits per heavy atom. The van der Waals surface area contributed by atoms with Gasteiger partial charge < -0.3 is 13.9 Å². The minimum Gasteiger partial charge on any atom is -0.493 e. The zero-order chi connectivity index (χ0) is 23.7. The first kappa shape index (κ1) is 21.5. The van der Waals surface area contributed by atoms with Gasteiger partial charge in [-0.15, -0.1) is 0 Å². The van der Waals surface area contributed by atoms with Crippen molar-refractivity contribution in [1.82, 2.24) is 9.66 Å². The van der Waals surface area contributed by atoms with Crippen LogP contribution in [-0.2, 0) is 0 Å². The van der Waals surface area contributed by atoms with Crippen molar-refractivity contribution in [2.75, 3.05) is 7.11 Å². The number of para-hydroxylation sites is 3. The number of methoxy groups -OCH3 is 1. The van der Waals surface area contributed by atoms with Gasteiger partial charge in [0.25, 0.3) is 5.56 Å². The summed E-state index contributed by atoms with van der Waals surface area (Å²) in [6.07, 6.45) is 1.50. The molecule has 5 rings (SSSR count). The second-order valence-corrected chi connectivity index (χ2v) is 8.01. The van der Waals surface area contributed by atoms with E-state index in [1.165, 1.54) is 4.68 Å². The molecule has 0 bridgehead atoms. The third kappa shape index (κ3) is 3.92. The van der Waals surface area contributed by atoms with E-state index in [0.717, 1.165) is 5.39 Å². The summed E-state index contributed by atoms with van der Waals surface area (Å²) in [5.41, 5.74) is 1.64. The summed E-state index contributed by atoms with van der Waals surface area (Å²) in [7, 11) is 1.58. The normalized spacial score (nSPS) is 11.6. The predicted octanol–water partition coefficient (Wildman–Crippen LogP) is 5.49. The number of benzene rings is 3. The third-order valence-electron chi connectivity index (χ3n) is 5.29. The minimum atomic E-state index is -0.300. The molecule has 0 spiro atoms. The van der Waals surface area contributed by atoms with E-state index in [4.69, 9.17) is 18.9 Å². The summed E-state index contributed by atoms with van der Waals surface area (Å²) in [5.74, 6) is 1.89. The topological polar surface area (TPSA) is 78.9 Å². The quantitative estimate of drug-likeness (QED) is 0.318. The van der Waals surface area contributed by atoms with E-state index in [1.54, 1.807) is 31.5 Å². The standard InChI is InChI=1S/C27H23N3O4/c1-17(2)33-25-19(10-8-14-23(25)32-3)16-28-30-26(24-15-18-9-4-7-13-22(18)34-24)29-21-12-6-5-11-20(21)27(30)31/h4-17H,1-3H3. The van der Waals surface area contributed by atoms with Crippen molar-refractivity contribution in [3.63, 3.8) is 0 Å². The fourth-order valence-corrected chi connectivity index (χ4v) is 3.76. The number of aromatic nitrogens is 2. The molecule has 0 aliphatic heterocycles. The largest absolute Gasteiger partial charge is 0.493 e. The first-order valence-electron chi connectivity index (χ1n) is 10.9. The number of hydrogen-bond acceptors (Lipinski definition) is 6. The highest BCUT2D eigenvalue weighted by Crippen LogP contribution is 2.31. The zero-order valence-corrected chi connectivity index (χ0v) is 19.1. The summed E-state index contributed by atoms with van der Waals surface area (Å²) in [6.45, 7) is 3.87. The van der Waals surface area contributed by atoms with Crippen molar-refractivity contribution in [3.05, 3.63) is 88.7 Å². The van der Waals surface area contributed by atoms with E-state index in [-0.39, 0.29) is 11.7 Å². The maximum Gasteiger partial charge on any atom is 0.282 e. The van der Waals surface area contributed by atoms with E-state index in [2.05, 4.69) is 5.10 Å². The number of furan rings is 1. The van der Waals surface area contributed by atoms with Crippen LogP contribution in [0.4, 0.5) is 0 Å². The van der Waals surface area contributed by atoms with Crippen LogP contribution in [0.2, 0.25) is 0 Å². The van der Waals surface area contributed by atoms with Gasteiger partial charge in [0, 0.05) is 10.9 Å². The SMILES string of the molecule is COc1cccc(C=Nn2c(-c3cc4ccccc4o3)nc3ccccc3c2=O)c1OC(C)C. The smallest absolute Gasteiger partial charge is 0.282 e. The average Bonchev–Trinajstić information content (AvgIpc) is 3.28. The third-order valence-corrected chi connectivity index (χ3v) is 5.29. The number of fused-ring (bicyclic) bond motifs is 2. The number of ether oxygens (including phenoxy) is 2. The molecule has 170 valence electrons. The van der Waals surface area contributed by atoms with Gasteiger partial charge in [-0.2, -0.15) is 9.78 Å². The number of rotatable bonds is 6. The van der Waals surface area contributed by atoms with Crippen LogP contribution in [-0.4, -0.2) is 29.1 Å². The summed E-state index contributed by atoms with van der Waals surface area (Å²) in [6, 6.07) is 22.2. The maximum atomic E-state index is 13.5. The highest BCUT2D eigenvalue weighted by Gasteiger charge is 2.17. The van der Waals surface area contributed by atoms with Gasteiger partial charge in [0.1, 0.15) is 5.58 Å². The lowest BCUT2D eigenvalue weighted by atomic mass is 10.2. The van der Waals surface area contributed by atoms with Gasteiger partial charge in [-0.1, -0.05) is 36.4 Å². The van der Waals surface area contributed by atoms with Crippen molar-refractivity contribution in [2.24, 2.45) is 5.10 Å². The van der Waals surface area contributed by atoms with Crippen molar-refractivity contribution in [1.29, 1.82) is 0 Å². The van der Waals surface area contributed by atoms with Crippen LogP contribution >= 0.6 is 0 Å². The lowest BCUT2D eigenvalue weighted by Gasteiger charge is -2.15. The first-order valence-corrected chi connectivity index (χ1v) is 10.9. The Hall–Kier alpha value is -4.39. The molecule has 7 nitrogen and oxygen atoms in total. The molecule has 5 aromatic rings. The molecule has 0 amide bonds. The van der Waals surface area contributed by atoms with Crippen molar-refractivity contribution < 1.29 is 13.9 Å². The second kappa shape index (κ2) is 8.86. The van der Waals surface area contributed by atoms with Crippen LogP contribution in [0.3, 0.4) is 0 Å². The fourth-order valence-electron chi connectivity index (χ4n) is 3.76. The molecule has 0 aliphatic rings. The highest BCUT2D eigenvalue weighted by molar-refractivity contribution is 5.86. The van der Waals surface area contributed by atoms with Crippen LogP contribution in [0.5, 0.6) is 11.5 Å². The summed E-state index contributed by atoms with van der Waals surface area (Å²) >= 11 is 0. The fraction of sp³-hybridized carbons (Fsp3) is 0.148. The molecule has 0 unspecified atom stereocenters.